The lowest BCUT2D eigenvalue weighted by Crippen LogP contribution is -2.50. The van der Waals surface area contributed by atoms with Crippen molar-refractivity contribution < 1.29 is 14.3 Å². The van der Waals surface area contributed by atoms with Crippen molar-refractivity contribution in [1.82, 2.24) is 10.2 Å². The number of carbonyl (C=O) groups excluding carboxylic acids is 2. The molecule has 0 bridgehead atoms. The highest BCUT2D eigenvalue weighted by atomic mass is 16.5. The third kappa shape index (κ3) is 4.05. The lowest BCUT2D eigenvalue weighted by Gasteiger charge is -2.25. The topological polar surface area (TPSA) is 84.7 Å². The molecule has 0 aliphatic carbocycles. The van der Waals surface area contributed by atoms with Gasteiger partial charge in [0.15, 0.2) is 0 Å². The molecule has 2 rings (SSSR count). The molecule has 0 saturated carbocycles. The molecule has 1 aliphatic rings. The molecule has 3 N–H and O–H groups in total. The van der Waals surface area contributed by atoms with Crippen molar-refractivity contribution in [2.24, 2.45) is 5.73 Å². The Morgan fingerprint density at radius 2 is 2.05 bits per heavy atom. The van der Waals surface area contributed by atoms with Gasteiger partial charge in [0.25, 0.3) is 0 Å². The number of methoxy groups -OCH3 is 1. The van der Waals surface area contributed by atoms with Crippen molar-refractivity contribution in [3.8, 4) is 17.6 Å². The van der Waals surface area contributed by atoms with Gasteiger partial charge in [-0.3, -0.25) is 19.8 Å². The third-order valence-corrected chi connectivity index (χ3v) is 3.01. The van der Waals surface area contributed by atoms with Gasteiger partial charge in [-0.1, -0.05) is 17.9 Å². The lowest BCUT2D eigenvalue weighted by atomic mass is 10.1. The maximum Gasteiger partial charge on any atom is 0.240 e. The fourth-order valence-corrected chi connectivity index (χ4v) is 2.16. The fraction of sp³-hybridized carbons (Fsp3) is 0.333. The number of amides is 2. The number of ether oxygens (including phenoxy) is 1. The molecule has 1 fully saturated rings. The molecule has 1 aromatic rings. The van der Waals surface area contributed by atoms with Crippen LogP contribution >= 0.6 is 0 Å². The molecule has 1 heterocycles. The van der Waals surface area contributed by atoms with Crippen molar-refractivity contribution in [2.45, 2.75) is 6.54 Å². The summed E-state index contributed by atoms with van der Waals surface area (Å²) in [6.07, 6.45) is 0. The Kier molecular flexibility index (Phi) is 4.93. The van der Waals surface area contributed by atoms with Crippen LogP contribution in [0.2, 0.25) is 0 Å². The summed E-state index contributed by atoms with van der Waals surface area (Å²) in [6, 6.07) is 5.60. The summed E-state index contributed by atoms with van der Waals surface area (Å²) < 4.78 is 5.25. The van der Waals surface area contributed by atoms with Crippen molar-refractivity contribution >= 4 is 11.8 Å². The predicted molar refractivity (Wildman–Crippen MR) is 77.4 cm³/mol. The molecule has 6 heteroatoms. The molecule has 1 saturated heterocycles. The molecule has 1 aliphatic heterocycles. The minimum atomic E-state index is -0.275. The second kappa shape index (κ2) is 6.88. The van der Waals surface area contributed by atoms with Gasteiger partial charge in [0, 0.05) is 6.54 Å². The number of nitrogens with two attached hydrogens (primary N) is 1. The molecule has 0 radical (unpaired) electrons. The van der Waals surface area contributed by atoms with Crippen LogP contribution in [-0.2, 0) is 16.1 Å². The van der Waals surface area contributed by atoms with E-state index in [0.29, 0.717) is 12.3 Å². The maximum absolute atomic E-state index is 11.4. The van der Waals surface area contributed by atoms with Crippen LogP contribution < -0.4 is 15.8 Å². The standard InChI is InChI=1S/C15H17N3O3/c1-21-13-5-4-11(7-12(13)3-2-6-16)8-18-9-14(19)17-15(20)10-18/h4-5,7H,6,8-10,16H2,1H3,(H,17,19,20). The van der Waals surface area contributed by atoms with Crippen LogP contribution in [0.5, 0.6) is 5.75 Å². The van der Waals surface area contributed by atoms with Gasteiger partial charge in [-0.2, -0.15) is 0 Å². The summed E-state index contributed by atoms with van der Waals surface area (Å²) in [6.45, 7) is 1.19. The maximum atomic E-state index is 11.4. The second-order valence-corrected chi connectivity index (χ2v) is 4.66. The van der Waals surface area contributed by atoms with E-state index in [-0.39, 0.29) is 31.4 Å². The SMILES string of the molecule is COc1ccc(CN2CC(=O)NC(=O)C2)cc1C#CCN. The van der Waals surface area contributed by atoms with Gasteiger partial charge in [0.2, 0.25) is 11.8 Å². The summed E-state index contributed by atoms with van der Waals surface area (Å²) in [7, 11) is 1.58. The van der Waals surface area contributed by atoms with Gasteiger partial charge in [-0.15, -0.1) is 0 Å². The summed E-state index contributed by atoms with van der Waals surface area (Å²) >= 11 is 0. The number of imide groups is 1. The molecule has 110 valence electrons. The Hall–Kier alpha value is -2.36. The number of piperazine rings is 1. The highest BCUT2D eigenvalue weighted by molar-refractivity contribution is 5.99. The van der Waals surface area contributed by atoms with Crippen LogP contribution in [0, 0.1) is 11.8 Å². The van der Waals surface area contributed by atoms with Gasteiger partial charge in [0.05, 0.1) is 32.3 Å². The first-order valence-electron chi connectivity index (χ1n) is 6.53. The number of nitrogens with zero attached hydrogens (tertiary/aromatic N) is 1. The quantitative estimate of drug-likeness (QED) is 0.576. The number of nitrogens with one attached hydrogen (secondary N) is 1. The zero-order valence-corrected chi connectivity index (χ0v) is 11.8. The zero-order valence-electron chi connectivity index (χ0n) is 11.8. The Balaban J connectivity index is 2.16. The average molecular weight is 287 g/mol. The van der Waals surface area contributed by atoms with E-state index in [4.69, 9.17) is 10.5 Å². The molecule has 0 aromatic heterocycles. The first kappa shape index (κ1) is 15.0. The van der Waals surface area contributed by atoms with Crippen LogP contribution in [-0.4, -0.2) is 43.5 Å². The van der Waals surface area contributed by atoms with E-state index < -0.39 is 0 Å². The number of carbonyl (C=O) groups is 2. The molecule has 6 nitrogen and oxygen atoms in total. The van der Waals surface area contributed by atoms with E-state index in [9.17, 15) is 9.59 Å². The average Bonchev–Trinajstić information content (AvgIpc) is 2.44. The Morgan fingerprint density at radius 3 is 2.67 bits per heavy atom. The smallest absolute Gasteiger partial charge is 0.240 e. The number of hydrogen-bond acceptors (Lipinski definition) is 5. The Morgan fingerprint density at radius 1 is 1.33 bits per heavy atom. The number of rotatable bonds is 3. The summed E-state index contributed by atoms with van der Waals surface area (Å²) in [4.78, 5) is 24.5. The lowest BCUT2D eigenvalue weighted by molar-refractivity contribution is -0.136. The van der Waals surface area contributed by atoms with Crippen LogP contribution in [0.15, 0.2) is 18.2 Å². The highest BCUT2D eigenvalue weighted by Crippen LogP contribution is 2.20. The van der Waals surface area contributed by atoms with E-state index >= 15 is 0 Å². The fourth-order valence-electron chi connectivity index (χ4n) is 2.16. The largest absolute Gasteiger partial charge is 0.495 e. The van der Waals surface area contributed by atoms with E-state index in [0.717, 1.165) is 11.1 Å². The molecule has 21 heavy (non-hydrogen) atoms. The van der Waals surface area contributed by atoms with Crippen molar-refractivity contribution in [3.05, 3.63) is 29.3 Å². The van der Waals surface area contributed by atoms with E-state index in [1.807, 2.05) is 18.2 Å². The second-order valence-electron chi connectivity index (χ2n) is 4.66. The van der Waals surface area contributed by atoms with Crippen molar-refractivity contribution in [1.29, 1.82) is 0 Å². The molecule has 0 spiro atoms. The molecule has 0 unspecified atom stereocenters. The first-order chi connectivity index (χ1) is 10.1. The Labute approximate surface area is 123 Å². The van der Waals surface area contributed by atoms with Crippen molar-refractivity contribution in [3.63, 3.8) is 0 Å². The summed E-state index contributed by atoms with van der Waals surface area (Å²) in [5, 5.41) is 2.28. The molecule has 0 atom stereocenters. The van der Waals surface area contributed by atoms with E-state index in [1.54, 1.807) is 12.0 Å². The van der Waals surface area contributed by atoms with Gasteiger partial charge < -0.3 is 10.5 Å². The summed E-state index contributed by atoms with van der Waals surface area (Å²) in [5.74, 6) is 5.87. The predicted octanol–water partition coefficient (Wildman–Crippen LogP) is -0.536. The third-order valence-electron chi connectivity index (χ3n) is 3.01. The van der Waals surface area contributed by atoms with Crippen LogP contribution in [0.4, 0.5) is 0 Å². The van der Waals surface area contributed by atoms with Crippen LogP contribution in [0.25, 0.3) is 0 Å². The van der Waals surface area contributed by atoms with Gasteiger partial charge in [-0.25, -0.2) is 0 Å². The monoisotopic (exact) mass is 287 g/mol. The van der Waals surface area contributed by atoms with Gasteiger partial charge in [-0.05, 0) is 17.7 Å². The minimum absolute atomic E-state index is 0.210. The number of benzene rings is 1. The first-order valence-corrected chi connectivity index (χ1v) is 6.53. The normalized spacial score (nSPS) is 15.1. The van der Waals surface area contributed by atoms with E-state index in [1.165, 1.54) is 0 Å². The Bertz CT molecular complexity index is 600. The summed E-state index contributed by atoms with van der Waals surface area (Å²) in [5.41, 5.74) is 7.08. The van der Waals surface area contributed by atoms with E-state index in [2.05, 4.69) is 17.2 Å². The molecular weight excluding hydrogens is 270 g/mol. The molecule has 1 aromatic carbocycles. The van der Waals surface area contributed by atoms with Crippen LogP contribution in [0.3, 0.4) is 0 Å². The minimum Gasteiger partial charge on any atom is -0.495 e. The van der Waals surface area contributed by atoms with Gasteiger partial charge >= 0.3 is 0 Å². The molecular formula is C15H17N3O3. The zero-order chi connectivity index (χ0) is 15.2. The number of hydrogen-bond donors (Lipinski definition) is 2. The highest BCUT2D eigenvalue weighted by Gasteiger charge is 2.22. The van der Waals surface area contributed by atoms with Gasteiger partial charge in [0.1, 0.15) is 5.75 Å². The van der Waals surface area contributed by atoms with Crippen LogP contribution in [0.1, 0.15) is 11.1 Å². The van der Waals surface area contributed by atoms with Crippen molar-refractivity contribution in [2.75, 3.05) is 26.7 Å². The molecule has 2 amide bonds.